The number of hydrogen-bond acceptors (Lipinski definition) is 2. The lowest BCUT2D eigenvalue weighted by molar-refractivity contribution is 0.666. The van der Waals surface area contributed by atoms with Gasteiger partial charge in [-0.15, -0.1) is 0 Å². The number of nitrogens with zero attached hydrogens (tertiary/aromatic N) is 3. The number of amidine groups is 1. The molecular weight excluding hydrogens is 691 g/mol. The van der Waals surface area contributed by atoms with Gasteiger partial charge in [-0.1, -0.05) is 182 Å². The Morgan fingerprint density at radius 1 is 0.649 bits per heavy atom. The van der Waals surface area contributed by atoms with E-state index in [4.69, 9.17) is 9.98 Å². The van der Waals surface area contributed by atoms with Gasteiger partial charge in [-0.25, -0.2) is 4.99 Å². The maximum Gasteiger partial charge on any atom is 0.155 e. The SMILES string of the molecule is C/C(=N\C(=N/Cc1ccccc1)c1ccc(-c2ccc3c(c2)C(c2ccccc2)(c2ccccc2)C2=C3C=CC(c3cccc(C#N)c3)C2)cc1)c1ccccc1. The van der Waals surface area contributed by atoms with E-state index in [1.165, 1.54) is 39.0 Å². The minimum absolute atomic E-state index is 0.149. The van der Waals surface area contributed by atoms with Crippen molar-refractivity contribution in [3.05, 3.63) is 256 Å². The fourth-order valence-electron chi connectivity index (χ4n) is 8.68. The van der Waals surface area contributed by atoms with E-state index >= 15 is 0 Å². The summed E-state index contributed by atoms with van der Waals surface area (Å²) in [5.74, 6) is 0.863. The average Bonchev–Trinajstić information content (AvgIpc) is 3.58. The van der Waals surface area contributed by atoms with Crippen LogP contribution in [-0.4, -0.2) is 11.5 Å². The molecule has 1 unspecified atom stereocenters. The molecular formula is C54H41N3. The van der Waals surface area contributed by atoms with Gasteiger partial charge >= 0.3 is 0 Å². The zero-order valence-electron chi connectivity index (χ0n) is 31.9. The second-order valence-corrected chi connectivity index (χ2v) is 14.8. The number of benzene rings is 7. The Morgan fingerprint density at radius 2 is 1.28 bits per heavy atom. The van der Waals surface area contributed by atoms with Gasteiger partial charge in [0, 0.05) is 17.2 Å². The molecule has 2 aliphatic rings. The van der Waals surface area contributed by atoms with Gasteiger partial charge in [0.1, 0.15) is 0 Å². The number of fused-ring (bicyclic) bond motifs is 2. The third-order valence-electron chi connectivity index (χ3n) is 11.5. The van der Waals surface area contributed by atoms with Crippen LogP contribution in [0.2, 0.25) is 0 Å². The Morgan fingerprint density at radius 3 is 1.95 bits per heavy atom. The summed E-state index contributed by atoms with van der Waals surface area (Å²) in [5, 5.41) is 9.73. The third kappa shape index (κ3) is 6.77. The molecule has 9 rings (SSSR count). The molecule has 0 aromatic heterocycles. The number of aliphatic imine (C=N–C) groups is 2. The summed E-state index contributed by atoms with van der Waals surface area (Å²) in [4.78, 5) is 10.1. The zero-order chi connectivity index (χ0) is 38.6. The molecule has 0 bridgehead atoms. The molecule has 1 atom stereocenters. The fourth-order valence-corrected chi connectivity index (χ4v) is 8.68. The minimum atomic E-state index is -0.500. The highest BCUT2D eigenvalue weighted by Gasteiger charge is 2.48. The highest BCUT2D eigenvalue weighted by molar-refractivity contribution is 6.11. The minimum Gasteiger partial charge on any atom is -0.261 e. The highest BCUT2D eigenvalue weighted by atomic mass is 14.9. The second-order valence-electron chi connectivity index (χ2n) is 14.8. The van der Waals surface area contributed by atoms with Crippen LogP contribution < -0.4 is 0 Å². The molecule has 0 spiro atoms. The van der Waals surface area contributed by atoms with E-state index < -0.39 is 5.41 Å². The summed E-state index contributed by atoms with van der Waals surface area (Å²) in [6.07, 6.45) is 5.51. The van der Waals surface area contributed by atoms with Crippen LogP contribution in [0.4, 0.5) is 0 Å². The third-order valence-corrected chi connectivity index (χ3v) is 11.5. The van der Waals surface area contributed by atoms with Gasteiger partial charge in [-0.2, -0.15) is 5.26 Å². The summed E-state index contributed by atoms with van der Waals surface area (Å²) in [7, 11) is 0. The van der Waals surface area contributed by atoms with Crippen molar-refractivity contribution in [3.63, 3.8) is 0 Å². The first-order chi connectivity index (χ1) is 28.1. The first kappa shape index (κ1) is 35.5. The molecule has 0 N–H and O–H groups in total. The molecule has 3 nitrogen and oxygen atoms in total. The molecule has 0 aliphatic heterocycles. The quantitative estimate of drug-likeness (QED) is 0.113. The van der Waals surface area contributed by atoms with Crippen LogP contribution in [0.15, 0.2) is 216 Å². The first-order valence-corrected chi connectivity index (χ1v) is 19.6. The largest absolute Gasteiger partial charge is 0.261 e. The van der Waals surface area contributed by atoms with Crippen LogP contribution in [0, 0.1) is 11.3 Å². The van der Waals surface area contributed by atoms with Crippen molar-refractivity contribution in [2.45, 2.75) is 31.2 Å². The maximum absolute atomic E-state index is 9.73. The standard InChI is InChI=1S/C54H41N3/c1-38(41-18-8-3-9-19-41)57-53(56-37-39-15-6-2-7-16-39)43-27-25-42(26-28-43)45-29-31-49-50-32-30-46(44-20-14-17-40(33-44)36-55)35-52(50)54(51(49)34-45,47-21-10-4-11-22-47)48-23-12-5-13-24-48/h2-34,46H,35,37H2,1H3/b56-53-,57-38+. The van der Waals surface area contributed by atoms with Crippen molar-refractivity contribution >= 4 is 17.1 Å². The van der Waals surface area contributed by atoms with Crippen molar-refractivity contribution in [2.75, 3.05) is 0 Å². The summed E-state index contributed by atoms with van der Waals surface area (Å²) < 4.78 is 0. The van der Waals surface area contributed by atoms with Gasteiger partial charge in [-0.3, -0.25) is 4.99 Å². The molecule has 3 heteroatoms. The Kier molecular flexibility index (Phi) is 9.69. The first-order valence-electron chi connectivity index (χ1n) is 19.6. The fraction of sp³-hybridized carbons (Fsp3) is 0.0926. The smallest absolute Gasteiger partial charge is 0.155 e. The molecule has 272 valence electrons. The summed E-state index contributed by atoms with van der Waals surface area (Å²) in [6.45, 7) is 2.60. The zero-order valence-corrected chi connectivity index (χ0v) is 31.9. The lowest BCUT2D eigenvalue weighted by Crippen LogP contribution is -2.31. The predicted octanol–water partition coefficient (Wildman–Crippen LogP) is 12.5. The van der Waals surface area contributed by atoms with Gasteiger partial charge in [0.25, 0.3) is 0 Å². The van der Waals surface area contributed by atoms with E-state index in [0.29, 0.717) is 17.9 Å². The van der Waals surface area contributed by atoms with Gasteiger partial charge in [0.2, 0.25) is 0 Å². The van der Waals surface area contributed by atoms with E-state index in [-0.39, 0.29) is 5.92 Å². The van der Waals surface area contributed by atoms with E-state index in [0.717, 1.165) is 39.9 Å². The Labute approximate surface area is 335 Å². The van der Waals surface area contributed by atoms with Gasteiger partial charge in [-0.05, 0) is 92.8 Å². The Hall–Kier alpha value is -7.15. The van der Waals surface area contributed by atoms with E-state index in [1.807, 2.05) is 61.5 Å². The Balaban J connectivity index is 1.14. The van der Waals surface area contributed by atoms with Crippen molar-refractivity contribution < 1.29 is 0 Å². The number of hydrogen-bond donors (Lipinski definition) is 0. The van der Waals surface area contributed by atoms with E-state index in [1.54, 1.807) is 0 Å². The van der Waals surface area contributed by atoms with Crippen LogP contribution in [0.25, 0.3) is 16.7 Å². The lowest BCUT2D eigenvalue weighted by Gasteiger charge is -2.38. The monoisotopic (exact) mass is 731 g/mol. The average molecular weight is 732 g/mol. The summed E-state index contributed by atoms with van der Waals surface area (Å²) in [6, 6.07) is 68.8. The number of allylic oxidation sites excluding steroid dienone is 4. The molecule has 7 aromatic carbocycles. The van der Waals surface area contributed by atoms with Crippen LogP contribution >= 0.6 is 0 Å². The van der Waals surface area contributed by atoms with E-state index in [9.17, 15) is 5.26 Å². The molecule has 0 radical (unpaired) electrons. The maximum atomic E-state index is 9.73. The second kappa shape index (κ2) is 15.5. The molecule has 0 saturated heterocycles. The van der Waals surface area contributed by atoms with Gasteiger partial charge < -0.3 is 0 Å². The highest BCUT2D eigenvalue weighted by Crippen LogP contribution is 2.59. The van der Waals surface area contributed by atoms with Crippen LogP contribution in [-0.2, 0) is 12.0 Å². The van der Waals surface area contributed by atoms with E-state index in [2.05, 4.69) is 152 Å². The van der Waals surface area contributed by atoms with Crippen LogP contribution in [0.3, 0.4) is 0 Å². The summed E-state index contributed by atoms with van der Waals surface area (Å²) in [5.41, 5.74) is 15.5. The number of nitriles is 1. The van der Waals surface area contributed by atoms with Gasteiger partial charge in [0.05, 0.1) is 23.6 Å². The van der Waals surface area contributed by atoms with Crippen molar-refractivity contribution in [1.29, 1.82) is 5.26 Å². The van der Waals surface area contributed by atoms with Crippen molar-refractivity contribution in [1.82, 2.24) is 0 Å². The van der Waals surface area contributed by atoms with Gasteiger partial charge in [0.15, 0.2) is 5.84 Å². The molecule has 7 aromatic rings. The molecule has 0 amide bonds. The lowest BCUT2D eigenvalue weighted by atomic mass is 9.64. The normalized spacial score (nSPS) is 15.8. The molecule has 0 saturated carbocycles. The number of rotatable bonds is 8. The molecule has 0 heterocycles. The van der Waals surface area contributed by atoms with Crippen LogP contribution in [0.1, 0.15) is 69.3 Å². The summed E-state index contributed by atoms with van der Waals surface area (Å²) >= 11 is 0. The molecule has 0 fully saturated rings. The molecule has 2 aliphatic carbocycles. The van der Waals surface area contributed by atoms with Crippen LogP contribution in [0.5, 0.6) is 0 Å². The topological polar surface area (TPSA) is 48.5 Å². The Bertz CT molecular complexity index is 2680. The molecule has 57 heavy (non-hydrogen) atoms. The predicted molar refractivity (Wildman–Crippen MR) is 235 cm³/mol. The van der Waals surface area contributed by atoms with Crippen molar-refractivity contribution in [2.24, 2.45) is 9.98 Å². The van der Waals surface area contributed by atoms with Crippen molar-refractivity contribution in [3.8, 4) is 17.2 Å².